The molecule has 0 bridgehead atoms. The maximum atomic E-state index is 12.3. The highest BCUT2D eigenvalue weighted by atomic mass is 16.2. The zero-order chi connectivity index (χ0) is 19.9. The Morgan fingerprint density at radius 1 is 1.11 bits per heavy atom. The van der Waals surface area contributed by atoms with Crippen molar-refractivity contribution in [2.75, 3.05) is 11.9 Å². The minimum Gasteiger partial charge on any atom is -0.356 e. The molecule has 4 nitrogen and oxygen atoms in total. The molecule has 0 aromatic heterocycles. The van der Waals surface area contributed by atoms with Crippen molar-refractivity contribution < 1.29 is 9.59 Å². The molecule has 3 rings (SSSR count). The molecule has 148 valence electrons. The predicted molar refractivity (Wildman–Crippen MR) is 113 cm³/mol. The first-order valence-electron chi connectivity index (χ1n) is 10.2. The lowest BCUT2D eigenvalue weighted by Crippen LogP contribution is -2.32. The van der Waals surface area contributed by atoms with Gasteiger partial charge >= 0.3 is 0 Å². The lowest BCUT2D eigenvalue weighted by molar-refractivity contribution is -0.121. The van der Waals surface area contributed by atoms with Crippen LogP contribution in [0.3, 0.4) is 0 Å². The van der Waals surface area contributed by atoms with Crippen molar-refractivity contribution in [3.63, 3.8) is 0 Å². The van der Waals surface area contributed by atoms with Gasteiger partial charge in [-0.15, -0.1) is 0 Å². The molecule has 0 saturated heterocycles. The number of aryl methyl sites for hydroxylation is 1. The average molecular weight is 379 g/mol. The molecule has 28 heavy (non-hydrogen) atoms. The van der Waals surface area contributed by atoms with Gasteiger partial charge < -0.3 is 10.6 Å². The number of hydrogen-bond donors (Lipinski definition) is 2. The monoisotopic (exact) mass is 378 g/mol. The molecular formula is C24H30N2O2. The van der Waals surface area contributed by atoms with Gasteiger partial charge in [-0.3, -0.25) is 9.59 Å². The van der Waals surface area contributed by atoms with Crippen LogP contribution in [0, 0.1) is 11.8 Å². The Bertz CT molecular complexity index is 815. The van der Waals surface area contributed by atoms with E-state index in [-0.39, 0.29) is 11.8 Å². The van der Waals surface area contributed by atoms with Gasteiger partial charge in [-0.25, -0.2) is 0 Å². The topological polar surface area (TPSA) is 58.2 Å². The van der Waals surface area contributed by atoms with Crippen molar-refractivity contribution in [1.82, 2.24) is 5.32 Å². The Labute approximate surface area is 167 Å². The van der Waals surface area contributed by atoms with E-state index in [0.29, 0.717) is 24.7 Å². The van der Waals surface area contributed by atoms with Crippen molar-refractivity contribution in [3.05, 3.63) is 65.2 Å². The molecule has 1 atom stereocenters. The first kappa shape index (κ1) is 20.1. The van der Waals surface area contributed by atoms with Crippen LogP contribution in [0.1, 0.15) is 43.4 Å². The van der Waals surface area contributed by atoms with Crippen molar-refractivity contribution in [3.8, 4) is 0 Å². The summed E-state index contributed by atoms with van der Waals surface area (Å²) in [5, 5.41) is 5.97. The maximum absolute atomic E-state index is 12.3. The molecule has 1 aliphatic rings. The number of hydrogen-bond acceptors (Lipinski definition) is 2. The quantitative estimate of drug-likeness (QED) is 0.689. The summed E-state index contributed by atoms with van der Waals surface area (Å²) in [7, 11) is 0. The number of fused-ring (bicyclic) bond motifs is 1. The summed E-state index contributed by atoms with van der Waals surface area (Å²) in [5.41, 5.74) is 4.49. The molecule has 0 saturated carbocycles. The van der Waals surface area contributed by atoms with Crippen LogP contribution in [0.5, 0.6) is 0 Å². The van der Waals surface area contributed by atoms with Crippen LogP contribution in [0.25, 0.3) is 0 Å². The van der Waals surface area contributed by atoms with E-state index in [2.05, 4.69) is 54.8 Å². The molecule has 2 aromatic carbocycles. The van der Waals surface area contributed by atoms with Crippen molar-refractivity contribution >= 4 is 17.5 Å². The van der Waals surface area contributed by atoms with Crippen LogP contribution in [-0.4, -0.2) is 18.4 Å². The van der Waals surface area contributed by atoms with Crippen molar-refractivity contribution in [2.24, 2.45) is 11.8 Å². The third kappa shape index (κ3) is 5.69. The minimum atomic E-state index is 0.0572. The van der Waals surface area contributed by atoms with Crippen molar-refractivity contribution in [2.45, 2.75) is 46.0 Å². The fourth-order valence-corrected chi connectivity index (χ4v) is 3.68. The van der Waals surface area contributed by atoms with E-state index >= 15 is 0 Å². The van der Waals surface area contributed by atoms with Crippen LogP contribution in [0.15, 0.2) is 48.5 Å². The number of nitrogens with one attached hydrogen (secondary N) is 2. The Morgan fingerprint density at radius 2 is 1.89 bits per heavy atom. The fraction of sp³-hybridized carbons (Fsp3) is 0.417. The lowest BCUT2D eigenvalue weighted by Gasteiger charge is -2.21. The van der Waals surface area contributed by atoms with E-state index in [1.807, 2.05) is 18.2 Å². The lowest BCUT2D eigenvalue weighted by atomic mass is 9.89. The summed E-state index contributed by atoms with van der Waals surface area (Å²) in [4.78, 5) is 23.7. The van der Waals surface area contributed by atoms with Gasteiger partial charge in [0.1, 0.15) is 0 Å². The van der Waals surface area contributed by atoms with Gasteiger partial charge in [0.05, 0.1) is 6.42 Å². The van der Waals surface area contributed by atoms with Crippen LogP contribution < -0.4 is 10.6 Å². The van der Waals surface area contributed by atoms with E-state index in [1.54, 1.807) is 0 Å². The highest BCUT2D eigenvalue weighted by Crippen LogP contribution is 2.24. The maximum Gasteiger partial charge on any atom is 0.228 e. The average Bonchev–Trinajstić information content (AvgIpc) is 3.05. The molecule has 1 aliphatic heterocycles. The van der Waals surface area contributed by atoms with Crippen LogP contribution in [0.4, 0.5) is 5.69 Å². The van der Waals surface area contributed by atoms with Gasteiger partial charge in [0.25, 0.3) is 0 Å². The summed E-state index contributed by atoms with van der Waals surface area (Å²) in [6.45, 7) is 5.15. The second-order valence-electron chi connectivity index (χ2n) is 8.07. The number of carbonyl (C=O) groups is 2. The van der Waals surface area contributed by atoms with Crippen molar-refractivity contribution in [1.29, 1.82) is 0 Å². The summed E-state index contributed by atoms with van der Waals surface area (Å²) in [6, 6.07) is 16.6. The van der Waals surface area contributed by atoms with Gasteiger partial charge in [-0.05, 0) is 53.9 Å². The van der Waals surface area contributed by atoms with Gasteiger partial charge in [0, 0.05) is 18.7 Å². The van der Waals surface area contributed by atoms with E-state index in [1.165, 1.54) is 11.1 Å². The summed E-state index contributed by atoms with van der Waals surface area (Å²) < 4.78 is 0. The van der Waals surface area contributed by atoms with E-state index in [9.17, 15) is 9.59 Å². The highest BCUT2D eigenvalue weighted by Gasteiger charge is 2.18. The summed E-state index contributed by atoms with van der Waals surface area (Å²) in [6.07, 6.45) is 3.65. The van der Waals surface area contributed by atoms with E-state index in [0.717, 1.165) is 37.1 Å². The number of amides is 2. The molecule has 2 amide bonds. The second kappa shape index (κ2) is 9.54. The highest BCUT2D eigenvalue weighted by molar-refractivity contribution is 5.99. The molecule has 0 aliphatic carbocycles. The Morgan fingerprint density at radius 3 is 2.64 bits per heavy atom. The Kier molecular flexibility index (Phi) is 6.85. The molecule has 1 heterocycles. The first-order chi connectivity index (χ1) is 13.5. The molecular weight excluding hydrogens is 348 g/mol. The molecule has 0 fully saturated rings. The van der Waals surface area contributed by atoms with Gasteiger partial charge in [0.2, 0.25) is 11.8 Å². The third-order valence-corrected chi connectivity index (χ3v) is 5.51. The van der Waals surface area contributed by atoms with Gasteiger partial charge in [-0.1, -0.05) is 56.3 Å². The number of carbonyl (C=O) groups excluding carboxylic acids is 2. The molecule has 1 unspecified atom stereocenters. The van der Waals surface area contributed by atoms with E-state index < -0.39 is 0 Å². The third-order valence-electron chi connectivity index (χ3n) is 5.51. The van der Waals surface area contributed by atoms with E-state index in [4.69, 9.17) is 0 Å². The largest absolute Gasteiger partial charge is 0.356 e. The standard InChI is InChI=1S/C24H30N2O2/c1-17(2)21(14-18-7-4-3-5-8-18)16-25-23(27)10-6-9-19-11-12-22-20(13-19)15-24(28)26-22/h3-5,7-8,11-13,17,21H,6,9-10,14-16H2,1-2H3,(H,25,27)(H,26,28). The predicted octanol–water partition coefficient (Wildman–Crippen LogP) is 4.14. The number of anilines is 1. The number of benzene rings is 2. The van der Waals surface area contributed by atoms with Crippen LogP contribution in [-0.2, 0) is 28.9 Å². The zero-order valence-electron chi connectivity index (χ0n) is 16.8. The van der Waals surface area contributed by atoms with Crippen LogP contribution in [0.2, 0.25) is 0 Å². The van der Waals surface area contributed by atoms with Gasteiger partial charge in [-0.2, -0.15) is 0 Å². The van der Waals surface area contributed by atoms with Crippen LogP contribution >= 0.6 is 0 Å². The zero-order valence-corrected chi connectivity index (χ0v) is 16.8. The Balaban J connectivity index is 1.41. The number of rotatable bonds is 9. The molecule has 0 spiro atoms. The SMILES string of the molecule is CC(C)C(CNC(=O)CCCc1ccc2c(c1)CC(=O)N2)Cc1ccccc1. The molecule has 0 radical (unpaired) electrons. The summed E-state index contributed by atoms with van der Waals surface area (Å²) in [5.74, 6) is 1.13. The smallest absolute Gasteiger partial charge is 0.228 e. The molecule has 2 aromatic rings. The Hall–Kier alpha value is -2.62. The minimum absolute atomic E-state index is 0.0572. The summed E-state index contributed by atoms with van der Waals surface area (Å²) >= 11 is 0. The van der Waals surface area contributed by atoms with Gasteiger partial charge in [0.15, 0.2) is 0 Å². The second-order valence-corrected chi connectivity index (χ2v) is 8.07. The first-order valence-corrected chi connectivity index (χ1v) is 10.2. The molecule has 2 N–H and O–H groups in total. The fourth-order valence-electron chi connectivity index (χ4n) is 3.68. The molecule has 4 heteroatoms. The normalized spacial score (nSPS) is 13.9.